The molecule has 0 atom stereocenters. The zero-order valence-electron chi connectivity index (χ0n) is 12.2. The van der Waals surface area contributed by atoms with Gasteiger partial charge in [-0.05, 0) is 12.1 Å². The van der Waals surface area contributed by atoms with Crippen molar-refractivity contribution >= 4 is 27.9 Å². The maximum absolute atomic E-state index is 12.4. The van der Waals surface area contributed by atoms with Crippen molar-refractivity contribution in [2.75, 3.05) is 0 Å². The molecule has 0 amide bonds. The molecule has 0 saturated carbocycles. The van der Waals surface area contributed by atoms with Gasteiger partial charge in [-0.3, -0.25) is 14.2 Å². The van der Waals surface area contributed by atoms with Crippen molar-refractivity contribution in [3.05, 3.63) is 40.9 Å². The van der Waals surface area contributed by atoms with E-state index in [-0.39, 0.29) is 23.5 Å². The van der Waals surface area contributed by atoms with E-state index in [2.05, 4.69) is 4.98 Å². The van der Waals surface area contributed by atoms with Crippen molar-refractivity contribution in [3.8, 4) is 0 Å². The van der Waals surface area contributed by atoms with E-state index in [9.17, 15) is 9.59 Å². The van der Waals surface area contributed by atoms with E-state index in [1.165, 1.54) is 10.9 Å². The summed E-state index contributed by atoms with van der Waals surface area (Å²) in [6, 6.07) is 7.36. The van der Waals surface area contributed by atoms with Crippen LogP contribution < -0.4 is 5.56 Å². The molecule has 3 aromatic rings. The second-order valence-corrected chi connectivity index (χ2v) is 6.13. The Kier molecular flexibility index (Phi) is 2.93. The third-order valence-electron chi connectivity index (χ3n) is 3.50. The first-order valence-electron chi connectivity index (χ1n) is 6.78. The lowest BCUT2D eigenvalue weighted by molar-refractivity contribution is -0.126. The van der Waals surface area contributed by atoms with Crippen LogP contribution in [0.2, 0.25) is 0 Å². The number of benzene rings is 1. The quantitative estimate of drug-likeness (QED) is 0.725. The number of Topliss-reactive ketones (excluding diaryl/α,β-unsaturated/α-hetero) is 1. The van der Waals surface area contributed by atoms with Crippen LogP contribution in [0.15, 0.2) is 39.8 Å². The topological polar surface area (TPSA) is 65.1 Å². The zero-order chi connectivity index (χ0) is 15.2. The largest absolute Gasteiger partial charge is 0.448 e. The summed E-state index contributed by atoms with van der Waals surface area (Å²) < 4.78 is 6.89. The van der Waals surface area contributed by atoms with Gasteiger partial charge in [0.25, 0.3) is 5.56 Å². The van der Waals surface area contributed by atoms with Crippen LogP contribution in [0.25, 0.3) is 22.1 Å². The monoisotopic (exact) mass is 284 g/mol. The standard InChI is InChI=1S/C16H16N2O3/c1-16(2,3)12(19)8-18-9-17-13-10-6-4-5-7-11(10)21-14(13)15(18)20/h4-7,9H,8H2,1-3H3. The van der Waals surface area contributed by atoms with Crippen molar-refractivity contribution in [1.29, 1.82) is 0 Å². The summed E-state index contributed by atoms with van der Waals surface area (Å²) in [5, 5.41) is 0.805. The van der Waals surface area contributed by atoms with Crippen molar-refractivity contribution in [1.82, 2.24) is 9.55 Å². The van der Waals surface area contributed by atoms with E-state index in [0.717, 1.165) is 5.39 Å². The maximum Gasteiger partial charge on any atom is 0.297 e. The molecule has 0 N–H and O–H groups in total. The van der Waals surface area contributed by atoms with Crippen molar-refractivity contribution in [3.63, 3.8) is 0 Å². The Bertz CT molecular complexity index is 897. The number of hydrogen-bond acceptors (Lipinski definition) is 4. The Morgan fingerprint density at radius 1 is 1.29 bits per heavy atom. The molecule has 0 unspecified atom stereocenters. The number of carbonyl (C=O) groups excluding carboxylic acids is 1. The predicted molar refractivity (Wildman–Crippen MR) is 80.2 cm³/mol. The molecular formula is C16H16N2O3. The maximum atomic E-state index is 12.4. The highest BCUT2D eigenvalue weighted by Gasteiger charge is 2.22. The van der Waals surface area contributed by atoms with Crippen LogP contribution in [0.1, 0.15) is 20.8 Å². The number of furan rings is 1. The molecule has 3 rings (SSSR count). The number of hydrogen-bond donors (Lipinski definition) is 0. The molecule has 2 heterocycles. The van der Waals surface area contributed by atoms with Gasteiger partial charge >= 0.3 is 0 Å². The Labute approximate surface area is 121 Å². The van der Waals surface area contributed by atoms with E-state index in [1.54, 1.807) is 6.07 Å². The molecule has 0 fully saturated rings. The SMILES string of the molecule is CC(C)(C)C(=O)Cn1cnc2c(oc3ccccc32)c1=O. The third kappa shape index (κ3) is 2.24. The first-order valence-corrected chi connectivity index (χ1v) is 6.78. The number of para-hydroxylation sites is 1. The van der Waals surface area contributed by atoms with Crippen LogP contribution in [-0.2, 0) is 11.3 Å². The lowest BCUT2D eigenvalue weighted by Crippen LogP contribution is -2.30. The molecular weight excluding hydrogens is 268 g/mol. The zero-order valence-corrected chi connectivity index (χ0v) is 12.2. The van der Waals surface area contributed by atoms with Crippen LogP contribution >= 0.6 is 0 Å². The minimum absolute atomic E-state index is 0.00230. The van der Waals surface area contributed by atoms with Gasteiger partial charge in [0.1, 0.15) is 11.1 Å². The predicted octanol–water partition coefficient (Wildman–Crippen LogP) is 2.76. The molecule has 2 aromatic heterocycles. The number of fused-ring (bicyclic) bond motifs is 3. The molecule has 0 saturated heterocycles. The molecule has 108 valence electrons. The van der Waals surface area contributed by atoms with E-state index < -0.39 is 5.41 Å². The average molecular weight is 284 g/mol. The molecule has 1 aromatic carbocycles. The normalized spacial score (nSPS) is 12.1. The Morgan fingerprint density at radius 2 is 2.00 bits per heavy atom. The molecule has 0 aliphatic carbocycles. The molecule has 0 radical (unpaired) electrons. The molecule has 5 nitrogen and oxygen atoms in total. The van der Waals surface area contributed by atoms with Crippen molar-refractivity contribution < 1.29 is 9.21 Å². The fraction of sp³-hybridized carbons (Fsp3) is 0.312. The third-order valence-corrected chi connectivity index (χ3v) is 3.50. The Morgan fingerprint density at radius 3 is 2.71 bits per heavy atom. The molecule has 0 spiro atoms. The summed E-state index contributed by atoms with van der Waals surface area (Å²) in [6.45, 7) is 5.48. The number of aromatic nitrogens is 2. The minimum atomic E-state index is -0.498. The van der Waals surface area contributed by atoms with Crippen LogP contribution in [-0.4, -0.2) is 15.3 Å². The van der Waals surface area contributed by atoms with Gasteiger partial charge in [0, 0.05) is 10.8 Å². The number of ketones is 1. The van der Waals surface area contributed by atoms with Gasteiger partial charge in [-0.1, -0.05) is 32.9 Å². The lowest BCUT2D eigenvalue weighted by Gasteiger charge is -2.16. The average Bonchev–Trinajstić information content (AvgIpc) is 2.80. The van der Waals surface area contributed by atoms with Gasteiger partial charge < -0.3 is 4.42 Å². The van der Waals surface area contributed by atoms with Crippen LogP contribution in [0.4, 0.5) is 0 Å². The molecule has 0 bridgehead atoms. The van der Waals surface area contributed by atoms with Gasteiger partial charge in [0.2, 0.25) is 5.58 Å². The van der Waals surface area contributed by atoms with Gasteiger partial charge in [-0.25, -0.2) is 4.98 Å². The van der Waals surface area contributed by atoms with Crippen LogP contribution in [0, 0.1) is 5.41 Å². The molecule has 21 heavy (non-hydrogen) atoms. The van der Waals surface area contributed by atoms with E-state index in [0.29, 0.717) is 11.1 Å². The van der Waals surface area contributed by atoms with Gasteiger partial charge in [0.15, 0.2) is 5.78 Å². The van der Waals surface area contributed by atoms with Crippen molar-refractivity contribution in [2.45, 2.75) is 27.3 Å². The highest BCUT2D eigenvalue weighted by atomic mass is 16.3. The number of carbonyl (C=O) groups is 1. The number of nitrogens with zero attached hydrogens (tertiary/aromatic N) is 2. The lowest BCUT2D eigenvalue weighted by atomic mass is 9.91. The first kappa shape index (κ1) is 13.5. The van der Waals surface area contributed by atoms with Gasteiger partial charge in [0.05, 0.1) is 12.9 Å². The van der Waals surface area contributed by atoms with Crippen molar-refractivity contribution in [2.24, 2.45) is 5.41 Å². The summed E-state index contributed by atoms with van der Waals surface area (Å²) in [5.41, 5.74) is 0.531. The number of rotatable bonds is 2. The second kappa shape index (κ2) is 4.55. The summed E-state index contributed by atoms with van der Waals surface area (Å²) in [5.74, 6) is -0.0261. The van der Waals surface area contributed by atoms with E-state index in [1.807, 2.05) is 39.0 Å². The first-order chi connectivity index (χ1) is 9.88. The smallest absolute Gasteiger partial charge is 0.297 e. The van der Waals surface area contributed by atoms with Crippen LogP contribution in [0.5, 0.6) is 0 Å². The van der Waals surface area contributed by atoms with E-state index in [4.69, 9.17) is 4.42 Å². The van der Waals surface area contributed by atoms with Crippen LogP contribution in [0.3, 0.4) is 0 Å². The summed E-state index contributed by atoms with van der Waals surface area (Å²) in [4.78, 5) is 28.8. The summed E-state index contributed by atoms with van der Waals surface area (Å²) in [6.07, 6.45) is 1.41. The fourth-order valence-corrected chi connectivity index (χ4v) is 2.12. The summed E-state index contributed by atoms with van der Waals surface area (Å²) in [7, 11) is 0. The Balaban J connectivity index is 2.15. The Hall–Kier alpha value is -2.43. The highest BCUT2D eigenvalue weighted by molar-refractivity contribution is 6.01. The van der Waals surface area contributed by atoms with Gasteiger partial charge in [-0.15, -0.1) is 0 Å². The molecule has 5 heteroatoms. The highest BCUT2D eigenvalue weighted by Crippen LogP contribution is 2.24. The molecule has 0 aliphatic rings. The van der Waals surface area contributed by atoms with Gasteiger partial charge in [-0.2, -0.15) is 0 Å². The minimum Gasteiger partial charge on any atom is -0.448 e. The van der Waals surface area contributed by atoms with E-state index >= 15 is 0 Å². The summed E-state index contributed by atoms with van der Waals surface area (Å²) >= 11 is 0. The molecule has 0 aliphatic heterocycles. The fourth-order valence-electron chi connectivity index (χ4n) is 2.12. The second-order valence-electron chi connectivity index (χ2n) is 6.13.